The number of aliphatic hydroxyl groups excluding tert-OH is 1. The molecular weight excluding hydrogens is 518 g/mol. The molecule has 2 fully saturated rings. The summed E-state index contributed by atoms with van der Waals surface area (Å²) in [6.45, 7) is -0.540. The lowest BCUT2D eigenvalue weighted by molar-refractivity contribution is -0.160. The number of carboxylic acid groups (broad SMARTS) is 1. The molecule has 3 rings (SSSR count). The number of rotatable bonds is 13. The van der Waals surface area contributed by atoms with Crippen LogP contribution in [0.15, 0.2) is 35.3 Å². The Morgan fingerprint density at radius 2 is 1.82 bits per heavy atom. The highest BCUT2D eigenvalue weighted by Crippen LogP contribution is 2.34. The number of fused-ring (bicyclic) bond motifs is 1. The molecule has 0 bridgehead atoms. The number of benzene rings is 1. The summed E-state index contributed by atoms with van der Waals surface area (Å²) in [7, 11) is 0. The molecule has 40 heavy (non-hydrogen) atoms. The molecular formula is C27H41N7O6. The molecule has 1 aliphatic carbocycles. The average Bonchev–Trinajstić information content (AvgIpc) is 3.38. The molecule has 0 spiro atoms. The van der Waals surface area contributed by atoms with Crippen LogP contribution in [0.3, 0.4) is 0 Å². The minimum absolute atomic E-state index is 0.0168. The van der Waals surface area contributed by atoms with Gasteiger partial charge in [-0.15, -0.1) is 0 Å². The van der Waals surface area contributed by atoms with E-state index in [2.05, 4.69) is 15.6 Å². The third-order valence-electron chi connectivity index (χ3n) is 7.59. The number of aliphatic imine (C=N–C) groups is 1. The SMILES string of the molecule is NC(N)=NCCC[C@@H](C(=O)O)N(C(=O)C1CC2CCCCC2N1)C(=O)[C@@H](Cc1ccccc1)NC(=O)[C@@H](N)CO. The molecule has 3 unspecified atom stereocenters. The number of amides is 3. The van der Waals surface area contributed by atoms with Crippen LogP contribution in [0.25, 0.3) is 0 Å². The van der Waals surface area contributed by atoms with Gasteiger partial charge in [0.25, 0.3) is 5.91 Å². The minimum Gasteiger partial charge on any atom is -0.480 e. The van der Waals surface area contributed by atoms with Gasteiger partial charge in [0.1, 0.15) is 18.1 Å². The summed E-state index contributed by atoms with van der Waals surface area (Å²) in [6, 6.07) is 4.08. The summed E-state index contributed by atoms with van der Waals surface area (Å²) in [5.41, 5.74) is 17.1. The number of carbonyl (C=O) groups is 4. The van der Waals surface area contributed by atoms with E-state index in [-0.39, 0.29) is 43.7 Å². The van der Waals surface area contributed by atoms with Crippen molar-refractivity contribution in [2.45, 2.75) is 81.6 Å². The monoisotopic (exact) mass is 559 g/mol. The van der Waals surface area contributed by atoms with Crippen molar-refractivity contribution in [2.75, 3.05) is 13.2 Å². The molecule has 2 aliphatic rings. The summed E-state index contributed by atoms with van der Waals surface area (Å²) in [5.74, 6) is -3.55. The largest absolute Gasteiger partial charge is 0.480 e. The molecule has 3 amide bonds. The molecule has 13 nitrogen and oxygen atoms in total. The van der Waals surface area contributed by atoms with E-state index >= 15 is 0 Å². The Labute approximate surface area is 233 Å². The predicted octanol–water partition coefficient (Wildman–Crippen LogP) is -1.18. The van der Waals surface area contributed by atoms with Gasteiger partial charge >= 0.3 is 5.97 Å². The maximum atomic E-state index is 14.1. The summed E-state index contributed by atoms with van der Waals surface area (Å²) >= 11 is 0. The van der Waals surface area contributed by atoms with Crippen molar-refractivity contribution >= 4 is 29.7 Å². The number of carboxylic acids is 1. The van der Waals surface area contributed by atoms with Gasteiger partial charge in [0, 0.05) is 19.0 Å². The number of carbonyl (C=O) groups excluding carboxylic acids is 3. The zero-order valence-corrected chi connectivity index (χ0v) is 22.6. The van der Waals surface area contributed by atoms with Crippen LogP contribution >= 0.6 is 0 Å². The molecule has 1 saturated carbocycles. The summed E-state index contributed by atoms with van der Waals surface area (Å²) < 4.78 is 0. The fourth-order valence-corrected chi connectivity index (χ4v) is 5.53. The van der Waals surface area contributed by atoms with Crippen molar-refractivity contribution in [3.8, 4) is 0 Å². The molecule has 220 valence electrons. The van der Waals surface area contributed by atoms with Crippen molar-refractivity contribution in [2.24, 2.45) is 28.1 Å². The van der Waals surface area contributed by atoms with Crippen LogP contribution < -0.4 is 27.8 Å². The second kappa shape index (κ2) is 14.7. The zero-order chi connectivity index (χ0) is 29.2. The predicted molar refractivity (Wildman–Crippen MR) is 148 cm³/mol. The van der Waals surface area contributed by atoms with Crippen LogP contribution in [0.5, 0.6) is 0 Å². The first-order valence-electron chi connectivity index (χ1n) is 13.7. The van der Waals surface area contributed by atoms with Crippen LogP contribution in [0.2, 0.25) is 0 Å². The highest BCUT2D eigenvalue weighted by atomic mass is 16.4. The van der Waals surface area contributed by atoms with E-state index in [1.165, 1.54) is 0 Å². The van der Waals surface area contributed by atoms with Gasteiger partial charge in [0.15, 0.2) is 5.96 Å². The Bertz CT molecular complexity index is 1050. The van der Waals surface area contributed by atoms with Crippen LogP contribution in [0, 0.1) is 5.92 Å². The first kappa shape index (κ1) is 31.0. The smallest absolute Gasteiger partial charge is 0.326 e. The number of imide groups is 1. The van der Waals surface area contributed by atoms with E-state index in [9.17, 15) is 29.4 Å². The summed E-state index contributed by atoms with van der Waals surface area (Å²) in [4.78, 5) is 57.9. The number of hydrogen-bond donors (Lipinski definition) is 7. The van der Waals surface area contributed by atoms with Gasteiger partial charge < -0.3 is 38.0 Å². The Balaban J connectivity index is 1.95. The Kier molecular flexibility index (Phi) is 11.4. The van der Waals surface area contributed by atoms with Crippen LogP contribution in [0.4, 0.5) is 0 Å². The number of guanidine groups is 1. The molecule has 0 aromatic heterocycles. The van der Waals surface area contributed by atoms with Gasteiger partial charge in [-0.2, -0.15) is 0 Å². The maximum Gasteiger partial charge on any atom is 0.326 e. The van der Waals surface area contributed by atoms with E-state index in [4.69, 9.17) is 17.2 Å². The number of nitrogens with one attached hydrogen (secondary N) is 2. The molecule has 13 heteroatoms. The first-order valence-corrected chi connectivity index (χ1v) is 13.7. The fraction of sp³-hybridized carbons (Fsp3) is 0.593. The number of nitrogens with zero attached hydrogens (tertiary/aromatic N) is 2. The van der Waals surface area contributed by atoms with Crippen LogP contribution in [-0.4, -0.2) is 88.1 Å². The first-order chi connectivity index (χ1) is 19.1. The third-order valence-corrected chi connectivity index (χ3v) is 7.59. The van der Waals surface area contributed by atoms with Gasteiger partial charge in [0.2, 0.25) is 11.8 Å². The summed E-state index contributed by atoms with van der Waals surface area (Å²) in [5, 5.41) is 25.4. The molecule has 6 atom stereocenters. The topological polar surface area (TPSA) is 226 Å². The van der Waals surface area contributed by atoms with Gasteiger partial charge in [0.05, 0.1) is 12.6 Å². The number of aliphatic hydroxyl groups is 1. The van der Waals surface area contributed by atoms with Gasteiger partial charge in [-0.1, -0.05) is 43.2 Å². The van der Waals surface area contributed by atoms with Crippen molar-refractivity contribution in [1.82, 2.24) is 15.5 Å². The lowest BCUT2D eigenvalue weighted by atomic mass is 9.85. The van der Waals surface area contributed by atoms with E-state index in [0.717, 1.165) is 30.6 Å². The van der Waals surface area contributed by atoms with E-state index in [0.29, 0.717) is 12.0 Å². The average molecular weight is 560 g/mol. The normalized spacial score (nSPS) is 22.3. The molecule has 0 radical (unpaired) electrons. The molecule has 1 saturated heterocycles. The maximum absolute atomic E-state index is 14.1. The molecule has 1 heterocycles. The van der Waals surface area contributed by atoms with Gasteiger partial charge in [-0.05, 0) is 43.6 Å². The van der Waals surface area contributed by atoms with E-state index in [1.54, 1.807) is 30.3 Å². The van der Waals surface area contributed by atoms with E-state index < -0.39 is 54.5 Å². The number of hydrogen-bond acceptors (Lipinski definition) is 8. The molecule has 10 N–H and O–H groups in total. The molecule has 1 aromatic carbocycles. The second-order valence-corrected chi connectivity index (χ2v) is 10.5. The van der Waals surface area contributed by atoms with E-state index in [1.807, 2.05) is 0 Å². The quantitative estimate of drug-likeness (QED) is 0.0869. The summed E-state index contributed by atoms with van der Waals surface area (Å²) in [6.07, 6.45) is 4.56. The minimum atomic E-state index is -1.51. The highest BCUT2D eigenvalue weighted by molar-refractivity contribution is 6.04. The highest BCUT2D eigenvalue weighted by Gasteiger charge is 2.45. The van der Waals surface area contributed by atoms with Crippen LogP contribution in [-0.2, 0) is 25.6 Å². The van der Waals surface area contributed by atoms with Gasteiger partial charge in [-0.25, -0.2) is 4.79 Å². The Hall–Kier alpha value is -3.55. The molecule has 1 aromatic rings. The lowest BCUT2D eigenvalue weighted by Crippen LogP contribution is -2.61. The van der Waals surface area contributed by atoms with Crippen molar-refractivity contribution in [1.29, 1.82) is 0 Å². The van der Waals surface area contributed by atoms with Crippen molar-refractivity contribution in [3.05, 3.63) is 35.9 Å². The number of aliphatic carboxylic acids is 1. The Morgan fingerprint density at radius 1 is 1.12 bits per heavy atom. The number of nitrogens with two attached hydrogens (primary N) is 3. The van der Waals surface area contributed by atoms with Gasteiger partial charge in [-0.3, -0.25) is 24.3 Å². The van der Waals surface area contributed by atoms with Crippen LogP contribution in [0.1, 0.15) is 50.5 Å². The standard InChI is InChI=1S/C27H41N7O6/c28-18(15-35)23(36)33-20(13-16-7-2-1-3-8-16)24(37)34(22(26(39)40)11-6-12-31-27(29)30)25(38)21-14-17-9-4-5-10-19(17)32-21/h1-3,7-8,17-22,32,35H,4-6,9-15,28H2,(H,33,36)(H,39,40)(H4,29,30,31)/t17?,18-,19?,20+,21?,22-/m0/s1. The lowest BCUT2D eigenvalue weighted by Gasteiger charge is -2.33. The zero-order valence-electron chi connectivity index (χ0n) is 22.6. The molecule has 1 aliphatic heterocycles. The second-order valence-electron chi connectivity index (χ2n) is 10.5. The Morgan fingerprint density at radius 3 is 2.45 bits per heavy atom. The fourth-order valence-electron chi connectivity index (χ4n) is 5.53. The third kappa shape index (κ3) is 8.23. The van der Waals surface area contributed by atoms with Crippen molar-refractivity contribution < 1.29 is 29.4 Å². The van der Waals surface area contributed by atoms with Crippen molar-refractivity contribution in [3.63, 3.8) is 0 Å².